The molecule has 0 unspecified atom stereocenters. The molecule has 0 atom stereocenters. The van der Waals surface area contributed by atoms with Crippen LogP contribution < -0.4 is 10.1 Å². The van der Waals surface area contributed by atoms with Crippen LogP contribution in [-0.4, -0.2) is 54.8 Å². The summed E-state index contributed by atoms with van der Waals surface area (Å²) in [5.74, 6) is 0.824. The minimum absolute atomic E-state index is 0.0121. The number of nitrogens with zero attached hydrogens (tertiary/aromatic N) is 1. The van der Waals surface area contributed by atoms with Crippen molar-refractivity contribution < 1.29 is 14.6 Å². The Morgan fingerprint density at radius 3 is 2.70 bits per heavy atom. The highest BCUT2D eigenvalue weighted by atomic mass is 16.5. The average molecular weight is 278 g/mol. The molecule has 1 aliphatic rings. The van der Waals surface area contributed by atoms with E-state index in [1.165, 1.54) is 0 Å². The van der Waals surface area contributed by atoms with Crippen LogP contribution in [0.3, 0.4) is 0 Å². The number of nitrogens with one attached hydrogen (secondary N) is 1. The van der Waals surface area contributed by atoms with E-state index in [0.717, 1.165) is 31.7 Å². The van der Waals surface area contributed by atoms with Crippen LogP contribution in [-0.2, 0) is 4.79 Å². The van der Waals surface area contributed by atoms with Crippen LogP contribution in [0.25, 0.3) is 0 Å². The van der Waals surface area contributed by atoms with Crippen LogP contribution in [0.15, 0.2) is 30.3 Å². The molecule has 2 N–H and O–H groups in total. The molecular formula is C15H22N2O3. The van der Waals surface area contributed by atoms with Gasteiger partial charge in [-0.15, -0.1) is 0 Å². The fourth-order valence-corrected chi connectivity index (χ4v) is 2.21. The van der Waals surface area contributed by atoms with E-state index in [4.69, 9.17) is 4.74 Å². The van der Waals surface area contributed by atoms with Gasteiger partial charge in [0.1, 0.15) is 12.4 Å². The first-order valence-electron chi connectivity index (χ1n) is 7.09. The number of piperidine rings is 1. The Morgan fingerprint density at radius 2 is 2.00 bits per heavy atom. The molecule has 20 heavy (non-hydrogen) atoms. The van der Waals surface area contributed by atoms with E-state index in [9.17, 15) is 9.90 Å². The lowest BCUT2D eigenvalue weighted by Gasteiger charge is -2.28. The molecule has 0 spiro atoms. The highest BCUT2D eigenvalue weighted by Gasteiger charge is 2.18. The number of ether oxygens (including phenoxy) is 1. The maximum Gasteiger partial charge on any atom is 0.234 e. The summed E-state index contributed by atoms with van der Waals surface area (Å²) in [4.78, 5) is 13.8. The molecule has 1 aromatic carbocycles. The van der Waals surface area contributed by atoms with Gasteiger partial charge in [-0.25, -0.2) is 0 Å². The summed E-state index contributed by atoms with van der Waals surface area (Å²) in [6, 6.07) is 9.54. The third-order valence-electron chi connectivity index (χ3n) is 3.36. The molecule has 1 amide bonds. The Hall–Kier alpha value is -1.59. The molecule has 5 nitrogen and oxygen atoms in total. The highest BCUT2D eigenvalue weighted by molar-refractivity contribution is 5.78. The Labute approximate surface area is 119 Å². The minimum Gasteiger partial charge on any atom is -0.492 e. The van der Waals surface area contributed by atoms with E-state index >= 15 is 0 Å². The summed E-state index contributed by atoms with van der Waals surface area (Å²) < 4.78 is 5.50. The number of carbonyl (C=O) groups excluding carboxylic acids is 1. The number of amides is 1. The lowest BCUT2D eigenvalue weighted by Crippen LogP contribution is -2.43. The number of aliphatic hydroxyl groups excluding tert-OH is 1. The fraction of sp³-hybridized carbons (Fsp3) is 0.533. The van der Waals surface area contributed by atoms with Crippen LogP contribution in [0.1, 0.15) is 12.8 Å². The van der Waals surface area contributed by atoms with Gasteiger partial charge in [-0.05, 0) is 25.0 Å². The van der Waals surface area contributed by atoms with Crippen LogP contribution in [0.2, 0.25) is 0 Å². The summed E-state index contributed by atoms with van der Waals surface area (Å²) in [6.07, 6.45) is 1.31. The molecule has 0 aromatic heterocycles. The average Bonchev–Trinajstić information content (AvgIpc) is 2.47. The second-order valence-corrected chi connectivity index (χ2v) is 5.02. The third kappa shape index (κ3) is 5.19. The molecule has 1 aliphatic heterocycles. The second kappa shape index (κ2) is 7.87. The van der Waals surface area contributed by atoms with Crippen molar-refractivity contribution in [2.24, 2.45) is 0 Å². The van der Waals surface area contributed by atoms with Crippen molar-refractivity contribution >= 4 is 5.91 Å². The van der Waals surface area contributed by atoms with Gasteiger partial charge < -0.3 is 15.2 Å². The quantitative estimate of drug-likeness (QED) is 0.750. The zero-order chi connectivity index (χ0) is 14.2. The molecule has 0 bridgehead atoms. The van der Waals surface area contributed by atoms with Crippen molar-refractivity contribution in [2.75, 3.05) is 32.8 Å². The summed E-state index contributed by atoms with van der Waals surface area (Å²) in [5.41, 5.74) is 0. The maximum atomic E-state index is 11.7. The normalized spacial score (nSPS) is 16.9. The zero-order valence-electron chi connectivity index (χ0n) is 11.6. The number of aliphatic hydroxyl groups is 1. The molecule has 5 heteroatoms. The fourth-order valence-electron chi connectivity index (χ4n) is 2.21. The van der Waals surface area contributed by atoms with Crippen LogP contribution in [0, 0.1) is 0 Å². The zero-order valence-corrected chi connectivity index (χ0v) is 11.6. The first-order valence-corrected chi connectivity index (χ1v) is 7.09. The van der Waals surface area contributed by atoms with Crippen LogP contribution >= 0.6 is 0 Å². The van der Waals surface area contributed by atoms with Gasteiger partial charge in [-0.3, -0.25) is 9.69 Å². The number of carbonyl (C=O) groups is 1. The molecule has 1 fully saturated rings. The van der Waals surface area contributed by atoms with Crippen molar-refractivity contribution in [2.45, 2.75) is 18.9 Å². The van der Waals surface area contributed by atoms with E-state index in [-0.39, 0.29) is 12.0 Å². The minimum atomic E-state index is -0.200. The molecule has 0 radical (unpaired) electrons. The number of hydrogen-bond acceptors (Lipinski definition) is 4. The van der Waals surface area contributed by atoms with Crippen molar-refractivity contribution in [1.29, 1.82) is 0 Å². The number of hydrogen-bond donors (Lipinski definition) is 2. The van der Waals surface area contributed by atoms with E-state index < -0.39 is 0 Å². The van der Waals surface area contributed by atoms with Gasteiger partial charge in [-0.1, -0.05) is 18.2 Å². The summed E-state index contributed by atoms with van der Waals surface area (Å²) >= 11 is 0. The van der Waals surface area contributed by atoms with Crippen molar-refractivity contribution in [3.05, 3.63) is 30.3 Å². The van der Waals surface area contributed by atoms with Gasteiger partial charge in [0.2, 0.25) is 5.91 Å². The van der Waals surface area contributed by atoms with Gasteiger partial charge in [0.25, 0.3) is 0 Å². The molecule has 0 aliphatic carbocycles. The molecule has 1 heterocycles. The van der Waals surface area contributed by atoms with E-state index in [1.807, 2.05) is 30.3 Å². The topological polar surface area (TPSA) is 61.8 Å². The lowest BCUT2D eigenvalue weighted by atomic mass is 10.1. The smallest absolute Gasteiger partial charge is 0.234 e. The standard InChI is InChI=1S/C15H22N2O3/c18-13-6-9-17(10-7-13)12-15(19)16-8-11-20-14-4-2-1-3-5-14/h1-5,13,18H,6-12H2,(H,16,19). The molecule has 1 aromatic rings. The lowest BCUT2D eigenvalue weighted by molar-refractivity contribution is -0.122. The molecule has 2 rings (SSSR count). The molecule has 0 saturated carbocycles. The van der Waals surface area contributed by atoms with E-state index in [2.05, 4.69) is 10.2 Å². The van der Waals surface area contributed by atoms with E-state index in [1.54, 1.807) is 0 Å². The predicted octanol–water partition coefficient (Wildman–Crippen LogP) is 0.638. The van der Waals surface area contributed by atoms with Gasteiger partial charge in [0.15, 0.2) is 0 Å². The number of para-hydroxylation sites is 1. The van der Waals surface area contributed by atoms with Crippen LogP contribution in [0.5, 0.6) is 5.75 Å². The third-order valence-corrected chi connectivity index (χ3v) is 3.36. The number of benzene rings is 1. The largest absolute Gasteiger partial charge is 0.492 e. The summed E-state index contributed by atoms with van der Waals surface area (Å²) in [6.45, 7) is 2.95. The summed E-state index contributed by atoms with van der Waals surface area (Å²) in [5, 5.41) is 12.2. The van der Waals surface area contributed by atoms with Crippen molar-refractivity contribution in [3.63, 3.8) is 0 Å². The Balaban J connectivity index is 1.56. The first kappa shape index (κ1) is 14.8. The van der Waals surface area contributed by atoms with Crippen molar-refractivity contribution in [3.8, 4) is 5.75 Å². The Morgan fingerprint density at radius 1 is 1.30 bits per heavy atom. The van der Waals surface area contributed by atoms with Gasteiger partial charge in [-0.2, -0.15) is 0 Å². The number of rotatable bonds is 6. The summed E-state index contributed by atoms with van der Waals surface area (Å²) in [7, 11) is 0. The Bertz CT molecular complexity index is 403. The molecule has 110 valence electrons. The number of likely N-dealkylation sites (tertiary alicyclic amines) is 1. The SMILES string of the molecule is O=C(CN1CCC(O)CC1)NCCOc1ccccc1. The first-order chi connectivity index (χ1) is 9.74. The maximum absolute atomic E-state index is 11.7. The van der Waals surface area contributed by atoms with Gasteiger partial charge >= 0.3 is 0 Å². The predicted molar refractivity (Wildman–Crippen MR) is 76.6 cm³/mol. The molecule has 1 saturated heterocycles. The van der Waals surface area contributed by atoms with Crippen molar-refractivity contribution in [1.82, 2.24) is 10.2 Å². The van der Waals surface area contributed by atoms with Gasteiger partial charge in [0, 0.05) is 13.1 Å². The van der Waals surface area contributed by atoms with E-state index in [0.29, 0.717) is 19.7 Å². The van der Waals surface area contributed by atoms with Gasteiger partial charge in [0.05, 0.1) is 19.2 Å². The van der Waals surface area contributed by atoms with Crippen LogP contribution in [0.4, 0.5) is 0 Å². The second-order valence-electron chi connectivity index (χ2n) is 5.02. The highest BCUT2D eigenvalue weighted by Crippen LogP contribution is 2.09. The molecular weight excluding hydrogens is 256 g/mol. The Kier molecular flexibility index (Phi) is 5.83. The monoisotopic (exact) mass is 278 g/mol.